The normalized spacial score (nSPS) is 15.9. The van der Waals surface area contributed by atoms with E-state index in [-0.39, 0.29) is 31.4 Å². The van der Waals surface area contributed by atoms with Crippen molar-refractivity contribution in [1.29, 1.82) is 0 Å². The first-order chi connectivity index (χ1) is 19.9. The first-order valence-corrected chi connectivity index (χ1v) is 14.3. The zero-order valence-corrected chi connectivity index (χ0v) is 23.4. The highest BCUT2D eigenvalue weighted by molar-refractivity contribution is 5.90. The topological polar surface area (TPSA) is 99.2 Å². The van der Waals surface area contributed by atoms with Crippen molar-refractivity contribution in [1.82, 2.24) is 15.1 Å². The number of likely N-dealkylation sites (N-methyl/N-ethyl adjacent to an activating group) is 1. The van der Waals surface area contributed by atoms with Gasteiger partial charge in [0.05, 0.1) is 6.42 Å². The van der Waals surface area contributed by atoms with Gasteiger partial charge in [0, 0.05) is 38.6 Å². The van der Waals surface area contributed by atoms with Gasteiger partial charge in [0.15, 0.2) is 0 Å². The number of likely N-dealkylation sites (tertiary alicyclic amines) is 1. The molecule has 0 bridgehead atoms. The number of ether oxygens (including phenoxy) is 1. The summed E-state index contributed by atoms with van der Waals surface area (Å²) >= 11 is 0. The number of carbonyl (C=O) groups excluding carboxylic acids is 2. The average Bonchev–Trinajstić information content (AvgIpc) is 3.31. The van der Waals surface area contributed by atoms with E-state index >= 15 is 0 Å². The Morgan fingerprint density at radius 3 is 2.10 bits per heavy atom. The molecule has 8 heteroatoms. The summed E-state index contributed by atoms with van der Waals surface area (Å²) in [6, 6.07) is 26.5. The number of carboxylic acid groups (broad SMARTS) is 1. The number of hydrogen-bond donors (Lipinski definition) is 2. The van der Waals surface area contributed by atoms with E-state index in [1.165, 1.54) is 10.5 Å². The minimum absolute atomic E-state index is 0.0878. The molecule has 8 nitrogen and oxygen atoms in total. The molecular formula is C33H37N3O5. The quantitative estimate of drug-likeness (QED) is 0.370. The molecule has 3 aromatic carbocycles. The zero-order chi connectivity index (χ0) is 28.8. The summed E-state index contributed by atoms with van der Waals surface area (Å²) < 4.78 is 5.82. The van der Waals surface area contributed by atoms with E-state index in [2.05, 4.69) is 46.6 Å². The van der Waals surface area contributed by atoms with Crippen molar-refractivity contribution in [2.45, 2.75) is 44.2 Å². The summed E-state index contributed by atoms with van der Waals surface area (Å²) in [6.45, 7) is 4.40. The number of nitrogens with one attached hydrogen (secondary N) is 1. The van der Waals surface area contributed by atoms with E-state index in [1.807, 2.05) is 49.4 Å². The minimum Gasteiger partial charge on any atom is -0.481 e. The number of piperidine rings is 1. The van der Waals surface area contributed by atoms with E-state index in [9.17, 15) is 19.5 Å². The number of alkyl carbamates (subject to hydrolysis) is 1. The third kappa shape index (κ3) is 6.28. The maximum absolute atomic E-state index is 13.9. The summed E-state index contributed by atoms with van der Waals surface area (Å²) in [4.78, 5) is 42.3. The van der Waals surface area contributed by atoms with Crippen LogP contribution in [-0.4, -0.2) is 71.2 Å². The summed E-state index contributed by atoms with van der Waals surface area (Å²) in [6.07, 6.45) is 0.0329. The number of rotatable bonds is 10. The fraction of sp³-hybridized carbons (Fsp3) is 0.364. The second-order valence-corrected chi connectivity index (χ2v) is 10.8. The Labute approximate surface area is 240 Å². The molecule has 1 saturated heterocycles. The van der Waals surface area contributed by atoms with Crippen LogP contribution >= 0.6 is 0 Å². The van der Waals surface area contributed by atoms with Gasteiger partial charge in [0.2, 0.25) is 5.91 Å². The molecule has 2 aliphatic rings. The zero-order valence-electron chi connectivity index (χ0n) is 23.4. The van der Waals surface area contributed by atoms with Crippen LogP contribution < -0.4 is 5.32 Å². The van der Waals surface area contributed by atoms with E-state index < -0.39 is 17.6 Å². The Bertz CT molecular complexity index is 1340. The standard InChI is InChI=1S/C33H37N3O5/c1-2-36(19-16-30(37)38)31(39)33(17-20-35(21-18-33)22-24-10-4-3-5-11-24)34-32(40)41-23-29-27-14-8-6-12-25(27)26-13-7-9-15-28(26)29/h3-15,29H,2,16-23H2,1H3,(H,34,40)(H,37,38). The van der Waals surface area contributed by atoms with Gasteiger partial charge in [-0.25, -0.2) is 4.79 Å². The number of aliphatic carboxylic acids is 1. The number of hydrogen-bond acceptors (Lipinski definition) is 5. The van der Waals surface area contributed by atoms with Gasteiger partial charge in [-0.3, -0.25) is 14.5 Å². The molecule has 0 unspecified atom stereocenters. The predicted octanol–water partition coefficient (Wildman–Crippen LogP) is 4.88. The summed E-state index contributed by atoms with van der Waals surface area (Å²) in [7, 11) is 0. The van der Waals surface area contributed by atoms with Crippen molar-refractivity contribution in [2.24, 2.45) is 0 Å². The number of benzene rings is 3. The minimum atomic E-state index is -1.16. The smallest absolute Gasteiger partial charge is 0.408 e. The molecule has 214 valence electrons. The molecule has 2 amide bonds. The summed E-state index contributed by atoms with van der Waals surface area (Å²) in [5, 5.41) is 12.2. The molecule has 1 aliphatic heterocycles. The molecule has 5 rings (SSSR count). The Morgan fingerprint density at radius 2 is 1.51 bits per heavy atom. The number of fused-ring (bicyclic) bond motifs is 3. The SMILES string of the molecule is CCN(CCC(=O)O)C(=O)C1(NC(=O)OCC2c3ccccc3-c3ccccc32)CCN(Cc2ccccc2)CC1. The lowest BCUT2D eigenvalue weighted by Gasteiger charge is -2.43. The maximum Gasteiger partial charge on any atom is 0.408 e. The average molecular weight is 556 g/mol. The fourth-order valence-corrected chi connectivity index (χ4v) is 6.09. The van der Waals surface area contributed by atoms with Gasteiger partial charge in [-0.15, -0.1) is 0 Å². The molecule has 1 heterocycles. The van der Waals surface area contributed by atoms with Crippen molar-refractivity contribution >= 4 is 18.0 Å². The van der Waals surface area contributed by atoms with Crippen molar-refractivity contribution < 1.29 is 24.2 Å². The Balaban J connectivity index is 1.30. The maximum atomic E-state index is 13.9. The van der Waals surface area contributed by atoms with Crippen LogP contribution in [0.2, 0.25) is 0 Å². The van der Waals surface area contributed by atoms with Crippen molar-refractivity contribution in [2.75, 3.05) is 32.8 Å². The van der Waals surface area contributed by atoms with Gasteiger partial charge in [0.25, 0.3) is 0 Å². The van der Waals surface area contributed by atoms with Gasteiger partial charge in [-0.05, 0) is 47.6 Å². The highest BCUT2D eigenvalue weighted by Crippen LogP contribution is 2.44. The molecule has 0 radical (unpaired) electrons. The Morgan fingerprint density at radius 1 is 0.927 bits per heavy atom. The third-order valence-electron chi connectivity index (χ3n) is 8.32. The first-order valence-electron chi connectivity index (χ1n) is 14.3. The van der Waals surface area contributed by atoms with Crippen molar-refractivity contribution in [3.05, 3.63) is 95.6 Å². The van der Waals surface area contributed by atoms with Crippen molar-refractivity contribution in [3.63, 3.8) is 0 Å². The molecular weight excluding hydrogens is 518 g/mol. The van der Waals surface area contributed by atoms with Gasteiger partial charge in [-0.1, -0.05) is 78.9 Å². The van der Waals surface area contributed by atoms with Crippen LogP contribution in [-0.2, 0) is 20.9 Å². The van der Waals surface area contributed by atoms with Gasteiger partial charge < -0.3 is 20.1 Å². The monoisotopic (exact) mass is 555 g/mol. The molecule has 2 N–H and O–H groups in total. The first kappa shape index (κ1) is 28.4. The van der Waals surface area contributed by atoms with Crippen LogP contribution in [0.25, 0.3) is 11.1 Å². The summed E-state index contributed by atoms with van der Waals surface area (Å²) in [5.74, 6) is -1.31. The van der Waals surface area contributed by atoms with Crippen LogP contribution in [0.3, 0.4) is 0 Å². The largest absolute Gasteiger partial charge is 0.481 e. The van der Waals surface area contributed by atoms with E-state index in [0.29, 0.717) is 32.5 Å². The van der Waals surface area contributed by atoms with Gasteiger partial charge in [-0.2, -0.15) is 0 Å². The van der Waals surface area contributed by atoms with Crippen molar-refractivity contribution in [3.8, 4) is 11.1 Å². The number of amides is 2. The fourth-order valence-electron chi connectivity index (χ4n) is 6.09. The molecule has 41 heavy (non-hydrogen) atoms. The molecule has 1 aliphatic carbocycles. The van der Waals surface area contributed by atoms with E-state index in [0.717, 1.165) is 28.8 Å². The van der Waals surface area contributed by atoms with Crippen LogP contribution in [0.5, 0.6) is 0 Å². The van der Waals surface area contributed by atoms with Crippen LogP contribution in [0.4, 0.5) is 4.79 Å². The Kier molecular flexibility index (Phi) is 8.69. The number of nitrogens with zero attached hydrogens (tertiary/aromatic N) is 2. The molecule has 0 atom stereocenters. The second-order valence-electron chi connectivity index (χ2n) is 10.8. The van der Waals surface area contributed by atoms with E-state index in [4.69, 9.17) is 4.74 Å². The van der Waals surface area contributed by atoms with Gasteiger partial charge >= 0.3 is 12.1 Å². The van der Waals surface area contributed by atoms with Gasteiger partial charge in [0.1, 0.15) is 12.1 Å². The van der Waals surface area contributed by atoms with Crippen LogP contribution in [0.15, 0.2) is 78.9 Å². The third-order valence-corrected chi connectivity index (χ3v) is 8.32. The molecule has 1 fully saturated rings. The molecule has 0 saturated carbocycles. The summed E-state index contributed by atoms with van der Waals surface area (Å²) in [5.41, 5.74) is 4.55. The highest BCUT2D eigenvalue weighted by atomic mass is 16.5. The van der Waals surface area contributed by atoms with E-state index in [1.54, 1.807) is 0 Å². The van der Waals surface area contributed by atoms with Crippen LogP contribution in [0, 0.1) is 0 Å². The molecule has 3 aromatic rings. The Hall–Kier alpha value is -4.17. The lowest BCUT2D eigenvalue weighted by atomic mass is 9.85. The number of carboxylic acids is 1. The van der Waals surface area contributed by atoms with Crippen LogP contribution in [0.1, 0.15) is 48.8 Å². The number of carbonyl (C=O) groups is 3. The highest BCUT2D eigenvalue weighted by Gasteiger charge is 2.45. The molecule has 0 aromatic heterocycles. The second kappa shape index (κ2) is 12.6. The lowest BCUT2D eigenvalue weighted by Crippen LogP contribution is -2.64. The molecule has 0 spiro atoms. The lowest BCUT2D eigenvalue weighted by molar-refractivity contribution is -0.142. The predicted molar refractivity (Wildman–Crippen MR) is 156 cm³/mol.